The van der Waals surface area contributed by atoms with E-state index in [9.17, 15) is 4.11 Å². The molecule has 3 heterocycles. The Bertz CT molecular complexity index is 3500. The van der Waals surface area contributed by atoms with Crippen molar-refractivity contribution in [1.29, 1.82) is 0 Å². The van der Waals surface area contributed by atoms with Crippen LogP contribution in [0.5, 0.6) is 0 Å². The molecule has 0 saturated heterocycles. The largest absolute Gasteiger partial charge is 0.208 e. The molecule has 0 bridgehead atoms. The van der Waals surface area contributed by atoms with Crippen LogP contribution in [0.2, 0.25) is 0 Å². The Hall–Kier alpha value is -6.01. The van der Waals surface area contributed by atoms with E-state index >= 15 is 0 Å². The molecule has 7 aromatic carbocycles. The quantitative estimate of drug-likeness (QED) is 0.181. The summed E-state index contributed by atoms with van der Waals surface area (Å²) in [5.74, 6) is -0.282. The molecular weight excluding hydrogens is 647 g/mol. The van der Waals surface area contributed by atoms with Crippen LogP contribution in [0, 0.1) is 0 Å². The van der Waals surface area contributed by atoms with Gasteiger partial charge in [0, 0.05) is 57.0 Å². The van der Waals surface area contributed by atoms with Crippen LogP contribution in [-0.2, 0) is 0 Å². The lowest BCUT2D eigenvalue weighted by molar-refractivity contribution is 1.08. The molecule has 0 fully saturated rings. The first-order valence-corrected chi connectivity index (χ1v) is 17.3. The highest BCUT2D eigenvalue weighted by molar-refractivity contribution is 7.26. The van der Waals surface area contributed by atoms with Crippen molar-refractivity contribution >= 4 is 63.0 Å². The standard InChI is InChI=1S/C45H27N3S2/c1-2-11-28(12-3-1)29-23-25-30(26-24-29)43-46-44(48-45(47-43)37-19-9-18-35-34-15-4-6-20-38(34)50-42(35)37)32-14-8-13-31(27-32)33-17-10-22-40-41(33)36-16-5-7-21-39(36)49-40/h1-27H/i4D,6D,8D,9D,13D,14D,15D,18D,19D,20D,27D. The minimum Gasteiger partial charge on any atom is -0.208 e. The average molecular weight is 685 g/mol. The summed E-state index contributed by atoms with van der Waals surface area (Å²) in [6, 6.07) is 26.0. The summed E-state index contributed by atoms with van der Waals surface area (Å²) in [5.41, 5.74) is 2.86. The third-order valence-electron chi connectivity index (χ3n) is 8.57. The van der Waals surface area contributed by atoms with Gasteiger partial charge >= 0.3 is 0 Å². The van der Waals surface area contributed by atoms with Gasteiger partial charge in [0.15, 0.2) is 17.5 Å². The zero-order valence-electron chi connectivity index (χ0n) is 36.9. The zero-order valence-corrected chi connectivity index (χ0v) is 27.5. The maximum atomic E-state index is 9.72. The highest BCUT2D eigenvalue weighted by Crippen LogP contribution is 2.42. The number of aromatic nitrogens is 3. The van der Waals surface area contributed by atoms with Crippen LogP contribution in [0.15, 0.2) is 164 Å². The fraction of sp³-hybridized carbons (Fsp3) is 0. The molecule has 0 unspecified atom stereocenters. The Morgan fingerprint density at radius 2 is 1.08 bits per heavy atom. The average Bonchev–Trinajstić information content (AvgIpc) is 3.87. The van der Waals surface area contributed by atoms with Gasteiger partial charge in [-0.05, 0) is 52.5 Å². The third kappa shape index (κ3) is 4.90. The van der Waals surface area contributed by atoms with Crippen LogP contribution in [0.4, 0.5) is 0 Å². The van der Waals surface area contributed by atoms with Crippen molar-refractivity contribution in [2.75, 3.05) is 0 Å². The van der Waals surface area contributed by atoms with E-state index in [1.54, 1.807) is 29.5 Å². The van der Waals surface area contributed by atoms with Gasteiger partial charge in [0.25, 0.3) is 0 Å². The van der Waals surface area contributed by atoms with E-state index in [0.29, 0.717) is 11.1 Å². The second-order valence-electron chi connectivity index (χ2n) is 11.5. The number of thiophene rings is 2. The lowest BCUT2D eigenvalue weighted by Crippen LogP contribution is -2.00. The van der Waals surface area contributed by atoms with Crippen molar-refractivity contribution in [3.63, 3.8) is 0 Å². The van der Waals surface area contributed by atoms with Gasteiger partial charge in [-0.2, -0.15) is 0 Å². The predicted molar refractivity (Wildman–Crippen MR) is 213 cm³/mol. The molecule has 234 valence electrons. The van der Waals surface area contributed by atoms with Crippen molar-refractivity contribution < 1.29 is 15.1 Å². The van der Waals surface area contributed by atoms with Crippen LogP contribution in [-0.4, -0.2) is 15.0 Å². The van der Waals surface area contributed by atoms with Crippen LogP contribution in [0.3, 0.4) is 0 Å². The monoisotopic (exact) mass is 684 g/mol. The van der Waals surface area contributed by atoms with E-state index in [-0.39, 0.29) is 78.5 Å². The number of hydrogen-bond donors (Lipinski definition) is 0. The molecule has 0 spiro atoms. The second kappa shape index (κ2) is 11.8. The molecular formula is C45H27N3S2. The van der Waals surface area contributed by atoms with E-state index < -0.39 is 42.3 Å². The molecule has 5 heteroatoms. The van der Waals surface area contributed by atoms with Gasteiger partial charge in [-0.3, -0.25) is 0 Å². The van der Waals surface area contributed by atoms with Crippen molar-refractivity contribution in [2.24, 2.45) is 0 Å². The van der Waals surface area contributed by atoms with Crippen LogP contribution >= 0.6 is 22.7 Å². The lowest BCUT2D eigenvalue weighted by atomic mass is 9.98. The summed E-state index contributed by atoms with van der Waals surface area (Å²) in [6.45, 7) is 0. The number of hydrogen-bond acceptors (Lipinski definition) is 5. The van der Waals surface area contributed by atoms with Gasteiger partial charge < -0.3 is 0 Å². The Labute approximate surface area is 312 Å². The maximum Gasteiger partial charge on any atom is 0.165 e. The summed E-state index contributed by atoms with van der Waals surface area (Å²) >= 11 is 2.51. The normalized spacial score (nSPS) is 14.7. The first-order chi connectivity index (χ1) is 29.3. The summed E-state index contributed by atoms with van der Waals surface area (Å²) in [6.07, 6.45) is 0. The van der Waals surface area contributed by atoms with Gasteiger partial charge in [-0.25, -0.2) is 15.0 Å². The number of nitrogens with zero attached hydrogens (tertiary/aromatic N) is 3. The fourth-order valence-corrected chi connectivity index (χ4v) is 8.42. The van der Waals surface area contributed by atoms with Crippen molar-refractivity contribution in [3.05, 3.63) is 164 Å². The van der Waals surface area contributed by atoms with E-state index in [1.165, 1.54) is 0 Å². The van der Waals surface area contributed by atoms with Crippen LogP contribution in [0.1, 0.15) is 15.1 Å². The topological polar surface area (TPSA) is 38.7 Å². The highest BCUT2D eigenvalue weighted by atomic mass is 32.1. The molecule has 10 aromatic rings. The summed E-state index contributed by atoms with van der Waals surface area (Å²) in [5, 5.41) is 1.82. The first-order valence-electron chi connectivity index (χ1n) is 21.2. The smallest absolute Gasteiger partial charge is 0.165 e. The molecule has 0 saturated carbocycles. The minimum atomic E-state index is -0.516. The molecule has 3 aromatic heterocycles. The molecule has 0 aliphatic rings. The first kappa shape index (κ1) is 19.9. The Morgan fingerprint density at radius 3 is 1.98 bits per heavy atom. The predicted octanol–water partition coefficient (Wildman–Crippen LogP) is 12.9. The maximum absolute atomic E-state index is 9.72. The van der Waals surface area contributed by atoms with Crippen molar-refractivity contribution in [1.82, 2.24) is 15.0 Å². The van der Waals surface area contributed by atoms with E-state index in [2.05, 4.69) is 0 Å². The molecule has 0 aliphatic heterocycles. The number of benzene rings is 7. The van der Waals surface area contributed by atoms with Crippen molar-refractivity contribution in [2.45, 2.75) is 0 Å². The van der Waals surface area contributed by atoms with E-state index in [4.69, 9.17) is 25.9 Å². The molecule has 50 heavy (non-hydrogen) atoms. The number of rotatable bonds is 5. The minimum absolute atomic E-state index is 0.0316. The highest BCUT2D eigenvalue weighted by Gasteiger charge is 2.18. The lowest BCUT2D eigenvalue weighted by Gasteiger charge is -2.11. The molecule has 0 atom stereocenters. The van der Waals surface area contributed by atoms with E-state index in [0.717, 1.165) is 42.6 Å². The molecule has 0 aliphatic carbocycles. The SMILES string of the molecule is [2H]c1c([2H])c(-c2nc(-c3ccc(-c4ccccc4)cc3)nc(-c3c([2H])c([2H])c([2H])c4c3sc3c([2H])c([2H])c([2H])c([2H])c34)n2)c([2H])c(-c2cccc3sc4ccccc4c23)c1[2H]. The van der Waals surface area contributed by atoms with Gasteiger partial charge in [-0.1, -0.05) is 133 Å². The zero-order chi connectivity index (χ0) is 42.6. The van der Waals surface area contributed by atoms with Gasteiger partial charge in [0.2, 0.25) is 0 Å². The second-order valence-corrected chi connectivity index (χ2v) is 13.6. The molecule has 0 N–H and O–H groups in total. The van der Waals surface area contributed by atoms with Gasteiger partial charge in [0.05, 0.1) is 15.1 Å². The Morgan fingerprint density at radius 1 is 0.400 bits per heavy atom. The van der Waals surface area contributed by atoms with E-state index in [1.807, 2.05) is 78.9 Å². The molecule has 0 radical (unpaired) electrons. The van der Waals surface area contributed by atoms with Gasteiger partial charge in [-0.15, -0.1) is 22.7 Å². The van der Waals surface area contributed by atoms with Gasteiger partial charge in [0.1, 0.15) is 0 Å². The Kier molecular flexibility index (Phi) is 4.70. The summed E-state index contributed by atoms with van der Waals surface area (Å²) in [4.78, 5) is 14.4. The third-order valence-corrected chi connectivity index (χ3v) is 10.8. The van der Waals surface area contributed by atoms with Crippen LogP contribution in [0.25, 0.3) is 96.8 Å². The molecule has 3 nitrogen and oxygen atoms in total. The Balaban J connectivity index is 1.29. The molecule has 10 rings (SSSR count). The fourth-order valence-electron chi connectivity index (χ4n) is 6.23. The molecule has 0 amide bonds. The van der Waals surface area contributed by atoms with Crippen LogP contribution < -0.4 is 0 Å². The number of fused-ring (bicyclic) bond motifs is 6. The summed E-state index contributed by atoms with van der Waals surface area (Å²) < 4.78 is 101. The summed E-state index contributed by atoms with van der Waals surface area (Å²) in [7, 11) is 0. The van der Waals surface area contributed by atoms with Crippen molar-refractivity contribution in [3.8, 4) is 56.4 Å².